The zero-order valence-electron chi connectivity index (χ0n) is 6.31. The number of allylic oxidation sites excluding steroid dienone is 2. The Balaban J connectivity index is 2.41. The minimum Gasteiger partial charge on any atom is -0.161 e. The maximum absolute atomic E-state index is 3.77. The lowest BCUT2D eigenvalue weighted by Crippen LogP contribution is -2.34. The molecule has 1 fully saturated rings. The Morgan fingerprint density at radius 1 is 1.20 bits per heavy atom. The highest BCUT2D eigenvalue weighted by Gasteiger charge is 2.34. The van der Waals surface area contributed by atoms with Gasteiger partial charge in [0.25, 0.3) is 0 Å². The minimum atomic E-state index is 0.550. The van der Waals surface area contributed by atoms with Gasteiger partial charge >= 0.3 is 0 Å². The van der Waals surface area contributed by atoms with E-state index in [9.17, 15) is 0 Å². The first-order valence-corrected chi connectivity index (χ1v) is 4.78. The standard InChI is InChI=1S/C9H14S/c1-3-5-9(6-4-2)7-10-8-9/h3-4H,1-2,5-8H2. The molecule has 1 aliphatic heterocycles. The molecule has 0 bridgehead atoms. The van der Waals surface area contributed by atoms with Crippen molar-refractivity contribution < 1.29 is 0 Å². The van der Waals surface area contributed by atoms with Gasteiger partial charge in [0.2, 0.25) is 0 Å². The Morgan fingerprint density at radius 3 is 1.90 bits per heavy atom. The summed E-state index contributed by atoms with van der Waals surface area (Å²) in [5.41, 5.74) is 0.550. The van der Waals surface area contributed by atoms with Crippen molar-refractivity contribution in [2.24, 2.45) is 5.41 Å². The van der Waals surface area contributed by atoms with Crippen LogP contribution in [0, 0.1) is 5.41 Å². The van der Waals surface area contributed by atoms with Crippen molar-refractivity contribution in [1.82, 2.24) is 0 Å². The maximum atomic E-state index is 3.77. The highest BCUT2D eigenvalue weighted by molar-refractivity contribution is 8.00. The van der Waals surface area contributed by atoms with Gasteiger partial charge in [0, 0.05) is 11.5 Å². The molecule has 0 saturated carbocycles. The maximum Gasteiger partial charge on any atom is 0.000326 e. The van der Waals surface area contributed by atoms with Crippen molar-refractivity contribution in [3.05, 3.63) is 25.3 Å². The van der Waals surface area contributed by atoms with Gasteiger partial charge in [0.1, 0.15) is 0 Å². The van der Waals surface area contributed by atoms with Crippen LogP contribution >= 0.6 is 11.8 Å². The molecule has 0 aromatic carbocycles. The van der Waals surface area contributed by atoms with Crippen LogP contribution < -0.4 is 0 Å². The fourth-order valence-corrected chi connectivity index (χ4v) is 2.58. The van der Waals surface area contributed by atoms with Crippen molar-refractivity contribution in [1.29, 1.82) is 0 Å². The zero-order valence-corrected chi connectivity index (χ0v) is 7.12. The molecule has 0 atom stereocenters. The second kappa shape index (κ2) is 3.29. The second-order valence-corrected chi connectivity index (χ2v) is 3.96. The molecule has 0 radical (unpaired) electrons. The lowest BCUT2D eigenvalue weighted by atomic mass is 9.84. The molecule has 1 heteroatoms. The van der Waals surface area contributed by atoms with E-state index in [1.807, 2.05) is 23.9 Å². The van der Waals surface area contributed by atoms with E-state index in [-0.39, 0.29) is 0 Å². The summed E-state index contributed by atoms with van der Waals surface area (Å²) in [6.07, 6.45) is 6.38. The Hall–Kier alpha value is -0.170. The molecule has 0 unspecified atom stereocenters. The smallest absolute Gasteiger partial charge is 0.000326 e. The average molecular weight is 154 g/mol. The van der Waals surface area contributed by atoms with E-state index in [0.717, 1.165) is 12.8 Å². The van der Waals surface area contributed by atoms with Gasteiger partial charge in [-0.05, 0) is 18.3 Å². The van der Waals surface area contributed by atoms with Crippen LogP contribution in [0.2, 0.25) is 0 Å². The first-order chi connectivity index (χ1) is 4.83. The van der Waals surface area contributed by atoms with Crippen LogP contribution in [-0.2, 0) is 0 Å². The molecule has 0 N–H and O–H groups in total. The second-order valence-electron chi connectivity index (χ2n) is 2.98. The molecule has 0 nitrogen and oxygen atoms in total. The molecule has 0 amide bonds. The van der Waals surface area contributed by atoms with Gasteiger partial charge in [0.05, 0.1) is 0 Å². The summed E-state index contributed by atoms with van der Waals surface area (Å²) < 4.78 is 0. The summed E-state index contributed by atoms with van der Waals surface area (Å²) in [4.78, 5) is 0. The highest BCUT2D eigenvalue weighted by atomic mass is 32.2. The molecule has 0 spiro atoms. The Bertz CT molecular complexity index is 122. The predicted octanol–water partition coefficient (Wildman–Crippen LogP) is 2.87. The molecule has 10 heavy (non-hydrogen) atoms. The van der Waals surface area contributed by atoms with Crippen molar-refractivity contribution in [2.75, 3.05) is 11.5 Å². The Labute approximate surface area is 67.4 Å². The third-order valence-electron chi connectivity index (χ3n) is 1.97. The van der Waals surface area contributed by atoms with Crippen LogP contribution in [0.3, 0.4) is 0 Å². The van der Waals surface area contributed by atoms with E-state index in [1.54, 1.807) is 0 Å². The number of rotatable bonds is 4. The quantitative estimate of drug-likeness (QED) is 0.561. The fraction of sp³-hybridized carbons (Fsp3) is 0.556. The number of hydrogen-bond donors (Lipinski definition) is 0. The van der Waals surface area contributed by atoms with Crippen molar-refractivity contribution in [3.8, 4) is 0 Å². The van der Waals surface area contributed by atoms with E-state index >= 15 is 0 Å². The van der Waals surface area contributed by atoms with Crippen LogP contribution in [0.1, 0.15) is 12.8 Å². The number of hydrogen-bond acceptors (Lipinski definition) is 1. The van der Waals surface area contributed by atoms with Gasteiger partial charge in [-0.25, -0.2) is 0 Å². The van der Waals surface area contributed by atoms with Crippen LogP contribution in [0.5, 0.6) is 0 Å². The van der Waals surface area contributed by atoms with Crippen molar-refractivity contribution in [2.45, 2.75) is 12.8 Å². The third-order valence-corrected chi connectivity index (χ3v) is 3.60. The van der Waals surface area contributed by atoms with Crippen LogP contribution in [0.15, 0.2) is 25.3 Å². The lowest BCUT2D eigenvalue weighted by molar-refractivity contribution is 0.372. The molecule has 0 aromatic heterocycles. The van der Waals surface area contributed by atoms with Gasteiger partial charge in [-0.2, -0.15) is 11.8 Å². The summed E-state index contributed by atoms with van der Waals surface area (Å²) in [6, 6.07) is 0. The van der Waals surface area contributed by atoms with Gasteiger partial charge in [-0.1, -0.05) is 12.2 Å². The molecule has 1 aliphatic rings. The fourth-order valence-electron chi connectivity index (χ4n) is 1.32. The Kier molecular flexibility index (Phi) is 2.61. The molecule has 1 heterocycles. The third kappa shape index (κ3) is 1.46. The van der Waals surface area contributed by atoms with Gasteiger partial charge < -0.3 is 0 Å². The van der Waals surface area contributed by atoms with Crippen LogP contribution in [-0.4, -0.2) is 11.5 Å². The van der Waals surface area contributed by atoms with Crippen molar-refractivity contribution >= 4 is 11.8 Å². The Morgan fingerprint density at radius 2 is 1.70 bits per heavy atom. The average Bonchev–Trinajstić information content (AvgIpc) is 1.84. The monoisotopic (exact) mass is 154 g/mol. The predicted molar refractivity (Wildman–Crippen MR) is 49.4 cm³/mol. The number of thioether (sulfide) groups is 1. The molecular weight excluding hydrogens is 140 g/mol. The summed E-state index contributed by atoms with van der Waals surface area (Å²) in [5, 5.41) is 0. The normalized spacial score (nSPS) is 21.2. The van der Waals surface area contributed by atoms with E-state index in [4.69, 9.17) is 0 Å². The first kappa shape index (κ1) is 7.93. The summed E-state index contributed by atoms with van der Waals surface area (Å²) in [7, 11) is 0. The van der Waals surface area contributed by atoms with E-state index in [0.29, 0.717) is 5.41 Å². The molecule has 1 rings (SSSR count). The van der Waals surface area contributed by atoms with Gasteiger partial charge in [-0.3, -0.25) is 0 Å². The summed E-state index contributed by atoms with van der Waals surface area (Å²) >= 11 is 2.03. The molecule has 0 aromatic rings. The van der Waals surface area contributed by atoms with Gasteiger partial charge in [-0.15, -0.1) is 13.2 Å². The SMILES string of the molecule is C=CCC1(CC=C)CSC1. The summed E-state index contributed by atoms with van der Waals surface area (Å²) in [6.45, 7) is 7.53. The van der Waals surface area contributed by atoms with Crippen LogP contribution in [0.4, 0.5) is 0 Å². The van der Waals surface area contributed by atoms with Crippen molar-refractivity contribution in [3.63, 3.8) is 0 Å². The highest BCUT2D eigenvalue weighted by Crippen LogP contribution is 2.44. The zero-order chi connectivity index (χ0) is 7.45. The molecular formula is C9H14S. The molecule has 0 aliphatic carbocycles. The summed E-state index contributed by atoms with van der Waals surface area (Å²) in [5.74, 6) is 2.59. The topological polar surface area (TPSA) is 0 Å². The molecule has 56 valence electrons. The molecule has 1 saturated heterocycles. The van der Waals surface area contributed by atoms with E-state index in [1.165, 1.54) is 11.5 Å². The van der Waals surface area contributed by atoms with E-state index in [2.05, 4.69) is 13.2 Å². The first-order valence-electron chi connectivity index (χ1n) is 3.62. The van der Waals surface area contributed by atoms with Crippen LogP contribution in [0.25, 0.3) is 0 Å². The largest absolute Gasteiger partial charge is 0.161 e. The minimum absolute atomic E-state index is 0.550. The van der Waals surface area contributed by atoms with Gasteiger partial charge in [0.15, 0.2) is 0 Å². The van der Waals surface area contributed by atoms with E-state index < -0.39 is 0 Å². The lowest BCUT2D eigenvalue weighted by Gasteiger charge is -2.39.